The summed E-state index contributed by atoms with van der Waals surface area (Å²) in [7, 11) is -3.98. The number of carbonyl (C=O) groups is 2. The summed E-state index contributed by atoms with van der Waals surface area (Å²) in [6.45, 7) is 0.148. The monoisotopic (exact) mass is 524 g/mol. The van der Waals surface area contributed by atoms with Crippen molar-refractivity contribution in [1.82, 2.24) is 5.48 Å². The van der Waals surface area contributed by atoms with Gasteiger partial charge >= 0.3 is 12.3 Å². The molecular formula is C21H27F3N2O8S. The van der Waals surface area contributed by atoms with E-state index in [-0.39, 0.29) is 18.7 Å². The molecule has 1 aromatic carbocycles. The van der Waals surface area contributed by atoms with Crippen LogP contribution < -0.4 is 15.1 Å². The standard InChI is InChI=1S/C21H27F3N2O8S/c1-20(35(2,29)30,18(27)25-34-17-5-3-4-10-31-17)11-16-12-26(19(28)33-16)14-6-8-15(9-7-14)32-13-21(22,23)24/h6-9,16-17H,3-5,10-13H2,1-2H3,(H,25,27). The highest BCUT2D eigenvalue weighted by atomic mass is 32.2. The number of nitrogens with zero attached hydrogens (tertiary/aromatic N) is 1. The van der Waals surface area contributed by atoms with Crippen LogP contribution in [0.1, 0.15) is 32.6 Å². The Morgan fingerprint density at radius 2 is 1.91 bits per heavy atom. The minimum absolute atomic E-state index is 0.0431. The second-order valence-electron chi connectivity index (χ2n) is 8.57. The Balaban J connectivity index is 1.64. The number of benzene rings is 1. The van der Waals surface area contributed by atoms with Crippen LogP contribution in [-0.2, 0) is 28.9 Å². The molecule has 0 bridgehead atoms. The summed E-state index contributed by atoms with van der Waals surface area (Å²) in [5, 5.41) is 0. The molecule has 2 aliphatic rings. The molecule has 3 atom stereocenters. The van der Waals surface area contributed by atoms with Gasteiger partial charge in [-0.15, -0.1) is 0 Å². The SMILES string of the molecule is CC(CC1CN(c2ccc(OCC(F)(F)F)cc2)C(=O)O1)(C(=O)NOC1CCCCO1)S(C)(=O)=O. The molecule has 0 aromatic heterocycles. The molecule has 2 saturated heterocycles. The Kier molecular flexibility index (Phi) is 8.17. The molecule has 3 unspecified atom stereocenters. The van der Waals surface area contributed by atoms with Crippen molar-refractivity contribution >= 4 is 27.5 Å². The molecule has 196 valence electrons. The molecule has 14 heteroatoms. The molecule has 0 saturated carbocycles. The molecule has 10 nitrogen and oxygen atoms in total. The van der Waals surface area contributed by atoms with E-state index in [1.165, 1.54) is 36.1 Å². The van der Waals surface area contributed by atoms with Crippen LogP contribution in [0.2, 0.25) is 0 Å². The van der Waals surface area contributed by atoms with Crippen molar-refractivity contribution in [3.63, 3.8) is 0 Å². The lowest BCUT2D eigenvalue weighted by Crippen LogP contribution is -2.53. The third-order valence-electron chi connectivity index (χ3n) is 5.76. The number of alkyl halides is 3. The lowest BCUT2D eigenvalue weighted by atomic mass is 10.0. The molecule has 3 rings (SSSR count). The molecule has 0 radical (unpaired) electrons. The Morgan fingerprint density at radius 1 is 1.23 bits per heavy atom. The van der Waals surface area contributed by atoms with Crippen LogP contribution in [0.5, 0.6) is 5.75 Å². The maximum Gasteiger partial charge on any atom is 0.422 e. The van der Waals surface area contributed by atoms with Crippen molar-refractivity contribution in [1.29, 1.82) is 0 Å². The van der Waals surface area contributed by atoms with Gasteiger partial charge in [0.15, 0.2) is 27.5 Å². The number of amides is 2. The lowest BCUT2D eigenvalue weighted by molar-refractivity contribution is -0.201. The molecule has 0 aliphatic carbocycles. The summed E-state index contributed by atoms with van der Waals surface area (Å²) in [5.41, 5.74) is 2.47. The molecule has 2 fully saturated rings. The van der Waals surface area contributed by atoms with Crippen LogP contribution in [-0.4, -0.2) is 69.7 Å². The van der Waals surface area contributed by atoms with Gasteiger partial charge in [0.05, 0.1) is 6.54 Å². The summed E-state index contributed by atoms with van der Waals surface area (Å²) in [6, 6.07) is 5.27. The predicted octanol–water partition coefficient (Wildman–Crippen LogP) is 2.72. The van der Waals surface area contributed by atoms with Crippen LogP contribution >= 0.6 is 0 Å². The number of anilines is 1. The molecule has 0 spiro atoms. The van der Waals surface area contributed by atoms with Gasteiger partial charge in [0.25, 0.3) is 5.91 Å². The first-order chi connectivity index (χ1) is 16.3. The van der Waals surface area contributed by atoms with Crippen LogP contribution in [0.3, 0.4) is 0 Å². The van der Waals surface area contributed by atoms with E-state index in [1.807, 2.05) is 0 Å². The average molecular weight is 525 g/mol. The fourth-order valence-corrected chi connectivity index (χ4v) is 4.47. The van der Waals surface area contributed by atoms with Crippen molar-refractivity contribution in [3.8, 4) is 5.75 Å². The molecule has 1 N–H and O–H groups in total. The third-order valence-corrected chi connectivity index (χ3v) is 7.75. The van der Waals surface area contributed by atoms with Crippen molar-refractivity contribution in [3.05, 3.63) is 24.3 Å². The van der Waals surface area contributed by atoms with Gasteiger partial charge in [-0.1, -0.05) is 0 Å². The van der Waals surface area contributed by atoms with Gasteiger partial charge in [-0.2, -0.15) is 13.2 Å². The topological polar surface area (TPSA) is 120 Å². The second-order valence-corrected chi connectivity index (χ2v) is 11.0. The van der Waals surface area contributed by atoms with E-state index in [0.717, 1.165) is 19.1 Å². The van der Waals surface area contributed by atoms with E-state index >= 15 is 0 Å². The second kappa shape index (κ2) is 10.6. The zero-order valence-electron chi connectivity index (χ0n) is 19.2. The summed E-state index contributed by atoms with van der Waals surface area (Å²) in [6.07, 6.45) is -4.11. The van der Waals surface area contributed by atoms with Crippen LogP contribution in [0.15, 0.2) is 24.3 Å². The van der Waals surface area contributed by atoms with E-state index in [1.54, 1.807) is 0 Å². The van der Waals surface area contributed by atoms with E-state index in [0.29, 0.717) is 18.7 Å². The van der Waals surface area contributed by atoms with Gasteiger partial charge in [0, 0.05) is 31.4 Å². The minimum atomic E-state index is -4.49. The maximum atomic E-state index is 12.8. The fourth-order valence-electron chi connectivity index (χ4n) is 3.60. The van der Waals surface area contributed by atoms with Gasteiger partial charge in [-0.05, 0) is 44.0 Å². The van der Waals surface area contributed by atoms with Crippen LogP contribution in [0, 0.1) is 0 Å². The molecule has 2 heterocycles. The molecule has 1 aromatic rings. The largest absolute Gasteiger partial charge is 0.484 e. The first kappa shape index (κ1) is 27.0. The Morgan fingerprint density at radius 3 is 2.49 bits per heavy atom. The van der Waals surface area contributed by atoms with Gasteiger partial charge in [0.2, 0.25) is 0 Å². The zero-order valence-corrected chi connectivity index (χ0v) is 20.0. The van der Waals surface area contributed by atoms with Crippen molar-refractivity contribution in [2.24, 2.45) is 0 Å². The highest BCUT2D eigenvalue weighted by Crippen LogP contribution is 2.31. The predicted molar refractivity (Wildman–Crippen MR) is 116 cm³/mol. The Labute approximate surface area is 200 Å². The number of carbonyl (C=O) groups excluding carboxylic acids is 2. The molecule has 2 amide bonds. The van der Waals surface area contributed by atoms with E-state index in [9.17, 15) is 31.2 Å². The quantitative estimate of drug-likeness (QED) is 0.490. The first-order valence-electron chi connectivity index (χ1n) is 10.8. The normalized spacial score (nSPS) is 22.9. The van der Waals surface area contributed by atoms with Crippen LogP contribution in [0.4, 0.5) is 23.7 Å². The Hall–Kier alpha value is -2.58. The van der Waals surface area contributed by atoms with E-state index in [2.05, 4.69) is 10.2 Å². The molecule has 35 heavy (non-hydrogen) atoms. The maximum absolute atomic E-state index is 12.8. The molecular weight excluding hydrogens is 497 g/mol. The summed E-state index contributed by atoms with van der Waals surface area (Å²) in [4.78, 5) is 31.6. The number of nitrogens with one attached hydrogen (secondary N) is 1. The number of rotatable bonds is 9. The lowest BCUT2D eigenvalue weighted by Gasteiger charge is -2.29. The third kappa shape index (κ3) is 6.98. The number of hydrogen-bond donors (Lipinski definition) is 1. The van der Waals surface area contributed by atoms with E-state index < -0.39 is 51.8 Å². The number of sulfone groups is 1. The van der Waals surface area contributed by atoms with Crippen molar-refractivity contribution in [2.45, 2.75) is 55.9 Å². The highest BCUT2D eigenvalue weighted by Gasteiger charge is 2.49. The smallest absolute Gasteiger partial charge is 0.422 e. The van der Waals surface area contributed by atoms with Gasteiger partial charge in [0.1, 0.15) is 11.9 Å². The highest BCUT2D eigenvalue weighted by molar-refractivity contribution is 7.92. The van der Waals surface area contributed by atoms with Crippen molar-refractivity contribution < 1.29 is 50.2 Å². The number of halogens is 3. The fraction of sp³-hybridized carbons (Fsp3) is 0.619. The molecule has 2 aliphatic heterocycles. The summed E-state index contributed by atoms with van der Waals surface area (Å²) >= 11 is 0. The zero-order chi connectivity index (χ0) is 25.9. The summed E-state index contributed by atoms with van der Waals surface area (Å²) < 4.78 is 75.3. The number of ether oxygens (including phenoxy) is 3. The van der Waals surface area contributed by atoms with Gasteiger partial charge < -0.3 is 14.2 Å². The number of cyclic esters (lactones) is 1. The van der Waals surface area contributed by atoms with Gasteiger partial charge in [-0.25, -0.2) is 23.5 Å². The van der Waals surface area contributed by atoms with Gasteiger partial charge in [-0.3, -0.25) is 9.69 Å². The number of hydrogen-bond acceptors (Lipinski definition) is 8. The van der Waals surface area contributed by atoms with Crippen LogP contribution in [0.25, 0.3) is 0 Å². The van der Waals surface area contributed by atoms with Crippen molar-refractivity contribution in [2.75, 3.05) is 30.9 Å². The number of hydroxylamine groups is 1. The first-order valence-corrected chi connectivity index (χ1v) is 12.7. The summed E-state index contributed by atoms with van der Waals surface area (Å²) in [5.74, 6) is -0.965. The van der Waals surface area contributed by atoms with E-state index in [4.69, 9.17) is 14.3 Å². The Bertz CT molecular complexity index is 1010. The minimum Gasteiger partial charge on any atom is -0.484 e. The average Bonchev–Trinajstić information content (AvgIpc) is 3.15.